The lowest BCUT2D eigenvalue weighted by atomic mass is 10.0. The first kappa shape index (κ1) is 25.0. The van der Waals surface area contributed by atoms with Crippen molar-refractivity contribution in [2.45, 2.75) is 38.6 Å². The summed E-state index contributed by atoms with van der Waals surface area (Å²) in [4.78, 5) is 38.8. The molecule has 1 amide bonds. The first-order chi connectivity index (χ1) is 19.0. The van der Waals surface area contributed by atoms with E-state index in [-0.39, 0.29) is 5.69 Å². The van der Waals surface area contributed by atoms with Crippen molar-refractivity contribution < 1.29 is 14.7 Å². The predicted octanol–water partition coefficient (Wildman–Crippen LogP) is 4.86. The van der Waals surface area contributed by atoms with E-state index < -0.39 is 12.0 Å². The second-order valence-electron chi connectivity index (χ2n) is 10.2. The maximum Gasteiger partial charge on any atom is 0.357 e. The summed E-state index contributed by atoms with van der Waals surface area (Å²) >= 11 is 0. The number of aromatic nitrogens is 4. The van der Waals surface area contributed by atoms with Gasteiger partial charge in [0, 0.05) is 43.0 Å². The number of amides is 1. The Hall–Kier alpha value is -4.31. The Morgan fingerprint density at radius 1 is 0.872 bits per heavy atom. The topological polar surface area (TPSA) is 116 Å². The molecule has 10 nitrogen and oxygen atoms in total. The average Bonchev–Trinajstić information content (AvgIpc) is 3.63. The van der Waals surface area contributed by atoms with Crippen molar-refractivity contribution in [1.82, 2.24) is 24.6 Å². The van der Waals surface area contributed by atoms with Crippen LogP contribution in [0.3, 0.4) is 0 Å². The van der Waals surface area contributed by atoms with E-state index in [1.54, 1.807) is 30.6 Å². The number of carbonyl (C=O) groups excluding carboxylic acids is 1. The first-order valence-electron chi connectivity index (χ1n) is 13.5. The number of pyridine rings is 2. The Bertz CT molecular complexity index is 1500. The number of aromatic carboxylic acids is 1. The normalized spacial score (nSPS) is 16.1. The molecule has 39 heavy (non-hydrogen) atoms. The highest BCUT2D eigenvalue weighted by Gasteiger charge is 2.21. The molecule has 0 radical (unpaired) electrons. The van der Waals surface area contributed by atoms with Crippen molar-refractivity contribution in [3.8, 4) is 11.1 Å². The van der Waals surface area contributed by atoms with Gasteiger partial charge in [0.05, 0.1) is 17.4 Å². The third kappa shape index (κ3) is 5.33. The fourth-order valence-corrected chi connectivity index (χ4v) is 5.49. The summed E-state index contributed by atoms with van der Waals surface area (Å²) in [5.74, 6) is -0.317. The van der Waals surface area contributed by atoms with Crippen LogP contribution in [0.2, 0.25) is 0 Å². The summed E-state index contributed by atoms with van der Waals surface area (Å²) in [5, 5.41) is 17.2. The quantitative estimate of drug-likeness (QED) is 0.367. The number of carbonyl (C=O) groups is 2. The zero-order valence-corrected chi connectivity index (χ0v) is 21.7. The van der Waals surface area contributed by atoms with Crippen molar-refractivity contribution in [1.29, 1.82) is 0 Å². The SMILES string of the molecule is O=C(O)c1nn(C(=O)Nc2ccc(N3CCCC3)nc2)c2ccc(-c3cncc(CN4CCCCC4)c3)cc12. The number of carboxylic acid groups (broad SMARTS) is 1. The van der Waals surface area contributed by atoms with Gasteiger partial charge in [0.15, 0.2) is 5.69 Å². The van der Waals surface area contributed by atoms with Gasteiger partial charge in [-0.1, -0.05) is 12.5 Å². The summed E-state index contributed by atoms with van der Waals surface area (Å²) in [6.45, 7) is 5.00. The largest absolute Gasteiger partial charge is 0.476 e. The van der Waals surface area contributed by atoms with E-state index in [2.05, 4.69) is 36.2 Å². The van der Waals surface area contributed by atoms with E-state index in [9.17, 15) is 14.7 Å². The molecule has 0 bridgehead atoms. The van der Waals surface area contributed by atoms with Crippen LogP contribution in [0.1, 0.15) is 48.2 Å². The Kier molecular flexibility index (Phi) is 6.93. The number of likely N-dealkylation sites (tertiary alicyclic amines) is 1. The third-order valence-corrected chi connectivity index (χ3v) is 7.49. The van der Waals surface area contributed by atoms with Crippen LogP contribution in [-0.2, 0) is 6.54 Å². The lowest BCUT2D eigenvalue weighted by Gasteiger charge is -2.26. The minimum absolute atomic E-state index is 0.179. The molecular formula is C29H31N7O3. The van der Waals surface area contributed by atoms with Crippen LogP contribution in [0.25, 0.3) is 22.0 Å². The van der Waals surface area contributed by atoms with Crippen molar-refractivity contribution in [3.63, 3.8) is 0 Å². The molecular weight excluding hydrogens is 494 g/mol. The van der Waals surface area contributed by atoms with E-state index in [0.717, 1.165) is 72.8 Å². The van der Waals surface area contributed by atoms with Crippen LogP contribution in [0.5, 0.6) is 0 Å². The number of benzene rings is 1. The lowest BCUT2D eigenvalue weighted by molar-refractivity contribution is 0.0692. The third-order valence-electron chi connectivity index (χ3n) is 7.49. The molecule has 0 saturated carbocycles. The van der Waals surface area contributed by atoms with Crippen molar-refractivity contribution >= 4 is 34.4 Å². The van der Waals surface area contributed by atoms with Gasteiger partial charge < -0.3 is 15.3 Å². The molecule has 2 aliphatic heterocycles. The summed E-state index contributed by atoms with van der Waals surface area (Å²) in [6.07, 6.45) is 11.3. The molecule has 4 aromatic rings. The molecule has 0 atom stereocenters. The highest BCUT2D eigenvalue weighted by molar-refractivity contribution is 6.06. The van der Waals surface area contributed by atoms with Crippen molar-refractivity contribution in [2.75, 3.05) is 36.4 Å². The number of anilines is 2. The second kappa shape index (κ2) is 10.8. The highest BCUT2D eigenvalue weighted by atomic mass is 16.4. The number of piperidine rings is 1. The van der Waals surface area contributed by atoms with E-state index >= 15 is 0 Å². The Morgan fingerprint density at radius 3 is 2.41 bits per heavy atom. The van der Waals surface area contributed by atoms with Crippen LogP contribution in [0, 0.1) is 0 Å². The molecule has 6 rings (SSSR count). The van der Waals surface area contributed by atoms with Crippen LogP contribution >= 0.6 is 0 Å². The Morgan fingerprint density at radius 2 is 1.67 bits per heavy atom. The maximum absolute atomic E-state index is 13.1. The number of fused-ring (bicyclic) bond motifs is 1. The Labute approximate surface area is 226 Å². The summed E-state index contributed by atoms with van der Waals surface area (Å²) in [5.41, 5.74) is 3.57. The summed E-state index contributed by atoms with van der Waals surface area (Å²) < 4.78 is 1.10. The van der Waals surface area contributed by atoms with Gasteiger partial charge in [-0.25, -0.2) is 14.6 Å². The predicted molar refractivity (Wildman–Crippen MR) is 149 cm³/mol. The summed E-state index contributed by atoms with van der Waals surface area (Å²) in [6, 6.07) is 10.6. The molecule has 0 unspecified atom stereocenters. The minimum atomic E-state index is -1.20. The van der Waals surface area contributed by atoms with Gasteiger partial charge in [0.1, 0.15) is 5.82 Å². The maximum atomic E-state index is 13.1. The number of rotatable bonds is 6. The van der Waals surface area contributed by atoms with E-state index in [0.29, 0.717) is 16.6 Å². The zero-order chi connectivity index (χ0) is 26.8. The zero-order valence-electron chi connectivity index (χ0n) is 21.7. The molecule has 0 aliphatic carbocycles. The molecule has 3 aromatic heterocycles. The fourth-order valence-electron chi connectivity index (χ4n) is 5.49. The molecule has 2 fully saturated rings. The molecule has 0 spiro atoms. The monoisotopic (exact) mass is 525 g/mol. The number of hydrogen-bond acceptors (Lipinski definition) is 7. The van der Waals surface area contributed by atoms with Crippen LogP contribution in [0.4, 0.5) is 16.3 Å². The van der Waals surface area contributed by atoms with Crippen LogP contribution in [-0.4, -0.2) is 67.9 Å². The molecule has 2 saturated heterocycles. The van der Waals surface area contributed by atoms with Crippen molar-refractivity contribution in [3.05, 3.63) is 66.2 Å². The second-order valence-corrected chi connectivity index (χ2v) is 10.2. The number of nitrogens with zero attached hydrogens (tertiary/aromatic N) is 6. The average molecular weight is 526 g/mol. The Balaban J connectivity index is 1.25. The van der Waals surface area contributed by atoms with E-state index in [1.165, 1.54) is 19.3 Å². The van der Waals surface area contributed by atoms with Gasteiger partial charge >= 0.3 is 12.0 Å². The van der Waals surface area contributed by atoms with Gasteiger partial charge in [-0.05, 0) is 80.2 Å². The van der Waals surface area contributed by atoms with Crippen LogP contribution < -0.4 is 10.2 Å². The van der Waals surface area contributed by atoms with Gasteiger partial charge in [0.25, 0.3) is 0 Å². The van der Waals surface area contributed by atoms with Crippen LogP contribution in [0.15, 0.2) is 55.0 Å². The smallest absolute Gasteiger partial charge is 0.357 e. The van der Waals surface area contributed by atoms with Gasteiger partial charge in [-0.15, -0.1) is 0 Å². The molecule has 5 heterocycles. The fraction of sp³-hybridized carbons (Fsp3) is 0.345. The first-order valence-corrected chi connectivity index (χ1v) is 13.5. The lowest BCUT2D eigenvalue weighted by Crippen LogP contribution is -2.29. The molecule has 10 heteroatoms. The number of carboxylic acids is 1. The summed E-state index contributed by atoms with van der Waals surface area (Å²) in [7, 11) is 0. The molecule has 1 aromatic carbocycles. The highest BCUT2D eigenvalue weighted by Crippen LogP contribution is 2.28. The molecule has 2 aliphatic rings. The molecule has 2 N–H and O–H groups in total. The van der Waals surface area contributed by atoms with Gasteiger partial charge in [-0.3, -0.25) is 9.88 Å². The molecule has 200 valence electrons. The van der Waals surface area contributed by atoms with E-state index in [4.69, 9.17) is 0 Å². The van der Waals surface area contributed by atoms with Gasteiger partial charge in [0.2, 0.25) is 0 Å². The van der Waals surface area contributed by atoms with E-state index in [1.807, 2.05) is 18.3 Å². The number of nitrogens with one attached hydrogen (secondary N) is 1. The standard InChI is InChI=1S/C29H31N7O3/c37-28(38)27-24-15-21(22-14-20(16-30-17-22)19-34-10-2-1-3-11-34)6-8-25(24)36(33-27)29(39)32-23-7-9-26(31-18-23)35-12-4-5-13-35/h6-9,14-18H,1-5,10-13,19H2,(H,32,39)(H,37,38). The van der Waals surface area contributed by atoms with Crippen molar-refractivity contribution in [2.24, 2.45) is 0 Å². The minimum Gasteiger partial charge on any atom is -0.476 e. The number of hydrogen-bond donors (Lipinski definition) is 2. The van der Waals surface area contributed by atoms with Gasteiger partial charge in [-0.2, -0.15) is 9.78 Å².